The van der Waals surface area contributed by atoms with Gasteiger partial charge < -0.3 is 4.74 Å². The first kappa shape index (κ1) is 17.2. The third-order valence-electron chi connectivity index (χ3n) is 3.73. The standard InChI is InChI=1S/C16H18N4O4S/c1-3-24-16(21)19-14-10-17-13-8-9-20(15(13)18-14)25(22,23)12-6-4-11(2)5-7-12/h4-7,10H,3,8-9H2,1-2H3,(H,18,19,21). The molecule has 0 spiro atoms. The van der Waals surface area contributed by atoms with Crippen molar-refractivity contribution >= 4 is 27.8 Å². The zero-order chi connectivity index (χ0) is 18.0. The first-order valence-corrected chi connectivity index (χ1v) is 9.25. The molecule has 2 aromatic rings. The smallest absolute Gasteiger partial charge is 0.412 e. The Bertz CT molecular complexity index is 897. The van der Waals surface area contributed by atoms with E-state index < -0.39 is 16.1 Å². The Hall–Kier alpha value is -2.68. The fraction of sp³-hybridized carbons (Fsp3) is 0.312. The number of sulfonamides is 1. The van der Waals surface area contributed by atoms with Crippen LogP contribution >= 0.6 is 0 Å². The number of nitrogens with one attached hydrogen (secondary N) is 1. The van der Waals surface area contributed by atoms with E-state index in [-0.39, 0.29) is 29.7 Å². The Labute approximate surface area is 145 Å². The summed E-state index contributed by atoms with van der Waals surface area (Å²) >= 11 is 0. The summed E-state index contributed by atoms with van der Waals surface area (Å²) in [6, 6.07) is 6.62. The number of hydrogen-bond acceptors (Lipinski definition) is 6. The summed E-state index contributed by atoms with van der Waals surface area (Å²) in [7, 11) is -3.74. The number of benzene rings is 1. The van der Waals surface area contributed by atoms with E-state index in [0.29, 0.717) is 12.1 Å². The maximum absolute atomic E-state index is 12.9. The molecule has 3 rings (SSSR count). The summed E-state index contributed by atoms with van der Waals surface area (Å²) in [6.07, 6.45) is 1.19. The fourth-order valence-corrected chi connectivity index (χ4v) is 3.94. The van der Waals surface area contributed by atoms with Gasteiger partial charge in [0.05, 0.1) is 23.4 Å². The molecule has 1 amide bonds. The van der Waals surface area contributed by atoms with E-state index in [1.54, 1.807) is 31.2 Å². The topological polar surface area (TPSA) is 101 Å². The van der Waals surface area contributed by atoms with Crippen LogP contribution in [0.25, 0.3) is 0 Å². The number of fused-ring (bicyclic) bond motifs is 1. The van der Waals surface area contributed by atoms with Gasteiger partial charge in [0.25, 0.3) is 10.0 Å². The predicted octanol–water partition coefficient (Wildman–Crippen LogP) is 2.10. The minimum atomic E-state index is -3.74. The van der Waals surface area contributed by atoms with E-state index in [0.717, 1.165) is 5.56 Å². The fourth-order valence-electron chi connectivity index (χ4n) is 2.50. The lowest BCUT2D eigenvalue weighted by molar-refractivity contribution is 0.168. The van der Waals surface area contributed by atoms with E-state index in [4.69, 9.17) is 4.74 Å². The second kappa shape index (κ2) is 6.67. The normalized spacial score (nSPS) is 13.4. The molecule has 1 aromatic heterocycles. The number of carbonyl (C=O) groups is 1. The molecule has 0 saturated carbocycles. The maximum atomic E-state index is 12.9. The van der Waals surface area contributed by atoms with Crippen molar-refractivity contribution in [3.63, 3.8) is 0 Å². The molecule has 8 nitrogen and oxygen atoms in total. The van der Waals surface area contributed by atoms with Crippen molar-refractivity contribution in [1.29, 1.82) is 0 Å². The van der Waals surface area contributed by atoms with Crippen LogP contribution in [0.5, 0.6) is 0 Å². The summed E-state index contributed by atoms with van der Waals surface area (Å²) in [5.74, 6) is 0.373. The van der Waals surface area contributed by atoms with Crippen LogP contribution in [0.4, 0.5) is 16.4 Å². The number of hydrogen-bond donors (Lipinski definition) is 1. The summed E-state index contributed by atoms with van der Waals surface area (Å²) < 4.78 is 31.8. The molecule has 2 heterocycles. The van der Waals surface area contributed by atoms with Crippen LogP contribution < -0.4 is 9.62 Å². The van der Waals surface area contributed by atoms with Gasteiger partial charge in [0, 0.05) is 13.0 Å². The van der Waals surface area contributed by atoms with Crippen molar-refractivity contribution in [3.05, 3.63) is 41.7 Å². The third kappa shape index (κ3) is 3.41. The molecule has 132 valence electrons. The van der Waals surface area contributed by atoms with Gasteiger partial charge in [-0.1, -0.05) is 17.7 Å². The van der Waals surface area contributed by atoms with Crippen molar-refractivity contribution in [2.75, 3.05) is 22.8 Å². The highest BCUT2D eigenvalue weighted by Gasteiger charge is 2.33. The Balaban J connectivity index is 1.92. The predicted molar refractivity (Wildman–Crippen MR) is 92.1 cm³/mol. The molecule has 0 fully saturated rings. The average Bonchev–Trinajstić information content (AvgIpc) is 2.99. The highest BCUT2D eigenvalue weighted by Crippen LogP contribution is 2.31. The van der Waals surface area contributed by atoms with E-state index in [9.17, 15) is 13.2 Å². The van der Waals surface area contributed by atoms with Crippen molar-refractivity contribution in [2.45, 2.75) is 25.2 Å². The number of nitrogens with zero attached hydrogens (tertiary/aromatic N) is 3. The van der Waals surface area contributed by atoms with Gasteiger partial charge in [-0.25, -0.2) is 22.5 Å². The average molecular weight is 362 g/mol. The molecule has 1 aromatic carbocycles. The minimum Gasteiger partial charge on any atom is -0.450 e. The molecule has 1 aliphatic heterocycles. The van der Waals surface area contributed by atoms with Crippen molar-refractivity contribution in [1.82, 2.24) is 9.97 Å². The quantitative estimate of drug-likeness (QED) is 0.894. The maximum Gasteiger partial charge on any atom is 0.412 e. The molecule has 0 aliphatic carbocycles. The van der Waals surface area contributed by atoms with Crippen molar-refractivity contribution in [2.24, 2.45) is 0 Å². The highest BCUT2D eigenvalue weighted by atomic mass is 32.2. The van der Waals surface area contributed by atoms with Crippen LogP contribution in [0, 0.1) is 6.92 Å². The molecule has 1 N–H and O–H groups in total. The zero-order valence-corrected chi connectivity index (χ0v) is 14.7. The van der Waals surface area contributed by atoms with E-state index >= 15 is 0 Å². The van der Waals surface area contributed by atoms with Gasteiger partial charge in [-0.05, 0) is 26.0 Å². The van der Waals surface area contributed by atoms with Crippen LogP contribution in [0.15, 0.2) is 35.4 Å². The van der Waals surface area contributed by atoms with Crippen LogP contribution in [0.1, 0.15) is 18.2 Å². The molecular formula is C16H18N4O4S. The molecule has 0 unspecified atom stereocenters. The second-order valence-corrected chi connectivity index (χ2v) is 7.37. The largest absolute Gasteiger partial charge is 0.450 e. The molecule has 9 heteroatoms. The lowest BCUT2D eigenvalue weighted by atomic mass is 10.2. The van der Waals surface area contributed by atoms with E-state index in [1.807, 2.05) is 6.92 Å². The molecule has 1 aliphatic rings. The van der Waals surface area contributed by atoms with E-state index in [1.165, 1.54) is 10.5 Å². The number of rotatable bonds is 4. The first-order chi connectivity index (χ1) is 11.9. The molecule has 0 bridgehead atoms. The molecule has 0 radical (unpaired) electrons. The zero-order valence-electron chi connectivity index (χ0n) is 13.9. The van der Waals surface area contributed by atoms with Gasteiger partial charge >= 0.3 is 6.09 Å². The summed E-state index contributed by atoms with van der Waals surface area (Å²) in [5.41, 5.74) is 1.55. The molecule has 25 heavy (non-hydrogen) atoms. The van der Waals surface area contributed by atoms with E-state index in [2.05, 4.69) is 15.3 Å². The Morgan fingerprint density at radius 3 is 2.72 bits per heavy atom. The highest BCUT2D eigenvalue weighted by molar-refractivity contribution is 7.92. The van der Waals surface area contributed by atoms with Gasteiger partial charge in [0.1, 0.15) is 0 Å². The number of carbonyl (C=O) groups excluding carboxylic acids is 1. The number of aromatic nitrogens is 2. The lowest BCUT2D eigenvalue weighted by Gasteiger charge is -2.18. The number of ether oxygens (including phenoxy) is 1. The Morgan fingerprint density at radius 1 is 1.32 bits per heavy atom. The SMILES string of the molecule is CCOC(=O)Nc1cnc2c(n1)N(S(=O)(=O)c1ccc(C)cc1)CC2. The van der Waals surface area contributed by atoms with Crippen LogP contribution in [0.3, 0.4) is 0 Å². The first-order valence-electron chi connectivity index (χ1n) is 7.81. The van der Waals surface area contributed by atoms with Gasteiger partial charge in [-0.2, -0.15) is 0 Å². The molecule has 0 saturated heterocycles. The summed E-state index contributed by atoms with van der Waals surface area (Å²) in [4.78, 5) is 20.1. The van der Waals surface area contributed by atoms with Gasteiger partial charge in [0.15, 0.2) is 11.6 Å². The minimum absolute atomic E-state index is 0.142. The summed E-state index contributed by atoms with van der Waals surface area (Å²) in [5, 5.41) is 2.44. The molecular weight excluding hydrogens is 344 g/mol. The van der Waals surface area contributed by atoms with Gasteiger partial charge in [0.2, 0.25) is 0 Å². The van der Waals surface area contributed by atoms with Crippen LogP contribution in [-0.2, 0) is 21.2 Å². The monoisotopic (exact) mass is 362 g/mol. The third-order valence-corrected chi connectivity index (χ3v) is 5.53. The van der Waals surface area contributed by atoms with Crippen molar-refractivity contribution in [3.8, 4) is 0 Å². The second-order valence-electron chi connectivity index (χ2n) is 5.51. The summed E-state index contributed by atoms with van der Waals surface area (Å²) in [6.45, 7) is 4.05. The molecule has 0 atom stereocenters. The van der Waals surface area contributed by atoms with Gasteiger partial charge in [-0.3, -0.25) is 10.3 Å². The van der Waals surface area contributed by atoms with Crippen LogP contribution in [-0.4, -0.2) is 37.6 Å². The Kier molecular flexibility index (Phi) is 4.58. The number of amides is 1. The number of anilines is 2. The number of aryl methyl sites for hydroxylation is 1. The van der Waals surface area contributed by atoms with Gasteiger partial charge in [-0.15, -0.1) is 0 Å². The Morgan fingerprint density at radius 2 is 2.04 bits per heavy atom. The lowest BCUT2D eigenvalue weighted by Crippen LogP contribution is -2.30. The van der Waals surface area contributed by atoms with Crippen molar-refractivity contribution < 1.29 is 17.9 Å². The van der Waals surface area contributed by atoms with Crippen LogP contribution in [0.2, 0.25) is 0 Å².